The van der Waals surface area contributed by atoms with Crippen LogP contribution in [0.2, 0.25) is 5.02 Å². The Hall–Kier alpha value is -2.65. The number of esters is 1. The van der Waals surface area contributed by atoms with Crippen molar-refractivity contribution in [2.75, 3.05) is 12.4 Å². The maximum atomic E-state index is 12.3. The molecule has 2 aromatic carbocycles. The number of ether oxygens (including phenoxy) is 2. The Morgan fingerprint density at radius 2 is 1.96 bits per heavy atom. The van der Waals surface area contributed by atoms with E-state index in [1.54, 1.807) is 6.07 Å². The van der Waals surface area contributed by atoms with Crippen LogP contribution in [0.3, 0.4) is 0 Å². The average molecular weight is 458 g/mol. The number of methoxy groups -OCH3 is 1. The zero-order valence-electron chi connectivity index (χ0n) is 14.2. The topological polar surface area (TPSA) is 108 Å². The molecule has 1 unspecified atom stereocenters. The van der Waals surface area contributed by atoms with Crippen LogP contribution in [-0.4, -0.2) is 30.0 Å². The maximum absolute atomic E-state index is 12.3. The van der Waals surface area contributed by atoms with Gasteiger partial charge in [-0.3, -0.25) is 14.9 Å². The Bertz CT molecular complexity index is 905. The molecule has 0 aliphatic rings. The van der Waals surface area contributed by atoms with Gasteiger partial charge in [0.05, 0.1) is 28.7 Å². The monoisotopic (exact) mass is 456 g/mol. The zero-order chi connectivity index (χ0) is 20.1. The molecule has 0 spiro atoms. The van der Waals surface area contributed by atoms with E-state index < -0.39 is 22.9 Å². The molecule has 1 amide bonds. The van der Waals surface area contributed by atoms with Crippen LogP contribution in [0, 0.1) is 10.1 Å². The first-order chi connectivity index (χ1) is 12.7. The number of nitrogens with one attached hydrogen (secondary N) is 1. The molecule has 0 radical (unpaired) electrons. The summed E-state index contributed by atoms with van der Waals surface area (Å²) in [7, 11) is 1.37. The van der Waals surface area contributed by atoms with Crippen LogP contribution in [0.5, 0.6) is 5.75 Å². The molecule has 1 N–H and O–H groups in total. The third-order valence-corrected chi connectivity index (χ3v) is 4.28. The third kappa shape index (κ3) is 5.18. The van der Waals surface area contributed by atoms with Gasteiger partial charge >= 0.3 is 5.97 Å². The van der Waals surface area contributed by atoms with E-state index in [2.05, 4.69) is 21.2 Å². The van der Waals surface area contributed by atoms with E-state index in [1.165, 1.54) is 44.4 Å². The van der Waals surface area contributed by atoms with Crippen LogP contribution >= 0.6 is 27.5 Å². The lowest BCUT2D eigenvalue weighted by Crippen LogP contribution is -2.30. The summed E-state index contributed by atoms with van der Waals surface area (Å²) in [6.45, 7) is 1.34. The van der Waals surface area contributed by atoms with Crippen molar-refractivity contribution in [2.24, 2.45) is 0 Å². The van der Waals surface area contributed by atoms with Crippen molar-refractivity contribution in [3.63, 3.8) is 0 Å². The number of carbonyl (C=O) groups is 2. The highest BCUT2D eigenvalue weighted by Gasteiger charge is 2.24. The van der Waals surface area contributed by atoms with Gasteiger partial charge in [0.25, 0.3) is 11.6 Å². The van der Waals surface area contributed by atoms with Gasteiger partial charge in [-0.2, -0.15) is 0 Å². The predicted octanol–water partition coefficient (Wildman–Crippen LogP) is 4.20. The largest absolute Gasteiger partial charge is 0.496 e. The first-order valence-corrected chi connectivity index (χ1v) is 8.69. The fourth-order valence-corrected chi connectivity index (χ4v) is 2.62. The standard InChI is InChI=1S/C17H14BrClN2O6/c1-9(27-17(23)12-7-10(18)3-5-13(12)19)16(22)20-14-6-4-11(26-2)8-15(14)21(24)25/h3-9H,1-2H3,(H,20,22). The highest BCUT2D eigenvalue weighted by atomic mass is 79.9. The maximum Gasteiger partial charge on any atom is 0.340 e. The number of amides is 1. The van der Waals surface area contributed by atoms with Crippen LogP contribution in [0.15, 0.2) is 40.9 Å². The zero-order valence-corrected chi connectivity index (χ0v) is 16.5. The second-order valence-electron chi connectivity index (χ2n) is 5.30. The minimum Gasteiger partial charge on any atom is -0.496 e. The Morgan fingerprint density at radius 1 is 1.26 bits per heavy atom. The van der Waals surface area contributed by atoms with E-state index in [-0.39, 0.29) is 27.7 Å². The van der Waals surface area contributed by atoms with Crippen LogP contribution in [0.1, 0.15) is 17.3 Å². The minimum atomic E-state index is -1.21. The molecule has 0 saturated carbocycles. The summed E-state index contributed by atoms with van der Waals surface area (Å²) in [6, 6.07) is 8.58. The summed E-state index contributed by atoms with van der Waals surface area (Å²) in [4.78, 5) is 35.0. The van der Waals surface area contributed by atoms with Crippen molar-refractivity contribution in [3.8, 4) is 5.75 Å². The third-order valence-electron chi connectivity index (χ3n) is 3.46. The lowest BCUT2D eigenvalue weighted by atomic mass is 10.2. The van der Waals surface area contributed by atoms with Crippen LogP contribution in [0.4, 0.5) is 11.4 Å². The number of hydrogen-bond donors (Lipinski definition) is 1. The molecule has 0 aliphatic carbocycles. The summed E-state index contributed by atoms with van der Waals surface area (Å²) < 4.78 is 10.6. The van der Waals surface area contributed by atoms with Crippen molar-refractivity contribution in [3.05, 3.63) is 61.6 Å². The number of rotatable bonds is 6. The Labute approximate surface area is 167 Å². The van der Waals surface area contributed by atoms with Crippen LogP contribution in [0.25, 0.3) is 0 Å². The van der Waals surface area contributed by atoms with Crippen molar-refractivity contribution in [1.82, 2.24) is 0 Å². The van der Waals surface area contributed by atoms with E-state index in [0.717, 1.165) is 0 Å². The van der Waals surface area contributed by atoms with Crippen molar-refractivity contribution < 1.29 is 24.0 Å². The summed E-state index contributed by atoms with van der Waals surface area (Å²) in [5.74, 6) is -1.26. The lowest BCUT2D eigenvalue weighted by Gasteiger charge is -2.14. The number of benzene rings is 2. The van der Waals surface area contributed by atoms with Gasteiger partial charge in [0.2, 0.25) is 0 Å². The van der Waals surface area contributed by atoms with E-state index in [0.29, 0.717) is 4.47 Å². The summed E-state index contributed by atoms with van der Waals surface area (Å²) in [5, 5.41) is 13.7. The van der Waals surface area contributed by atoms with Crippen molar-refractivity contribution in [1.29, 1.82) is 0 Å². The molecule has 2 rings (SSSR count). The molecule has 0 bridgehead atoms. The SMILES string of the molecule is COc1ccc(NC(=O)C(C)OC(=O)c2cc(Br)ccc2Cl)c([N+](=O)[O-])c1. The Kier molecular flexibility index (Phi) is 6.75. The second-order valence-corrected chi connectivity index (χ2v) is 6.62. The summed E-state index contributed by atoms with van der Waals surface area (Å²) in [5.41, 5.74) is -0.313. The number of nitro groups is 1. The molecule has 27 heavy (non-hydrogen) atoms. The highest BCUT2D eigenvalue weighted by Crippen LogP contribution is 2.29. The minimum absolute atomic E-state index is 0.0470. The molecular weight excluding hydrogens is 444 g/mol. The van der Waals surface area contributed by atoms with Gasteiger partial charge in [0, 0.05) is 4.47 Å². The molecule has 0 aliphatic heterocycles. The highest BCUT2D eigenvalue weighted by molar-refractivity contribution is 9.10. The Balaban J connectivity index is 2.13. The summed E-state index contributed by atoms with van der Waals surface area (Å²) >= 11 is 9.18. The number of halogens is 2. The van der Waals surface area contributed by atoms with Gasteiger partial charge in [-0.05, 0) is 37.3 Å². The molecule has 0 heterocycles. The van der Waals surface area contributed by atoms with E-state index in [1.807, 2.05) is 0 Å². The molecule has 1 atom stereocenters. The number of nitrogens with zero attached hydrogens (tertiary/aromatic N) is 1. The van der Waals surface area contributed by atoms with Gasteiger partial charge in [-0.15, -0.1) is 0 Å². The molecule has 2 aromatic rings. The van der Waals surface area contributed by atoms with E-state index in [4.69, 9.17) is 21.1 Å². The quantitative estimate of drug-likeness (QED) is 0.396. The molecule has 0 fully saturated rings. The van der Waals surface area contributed by atoms with E-state index in [9.17, 15) is 19.7 Å². The molecule has 10 heteroatoms. The molecule has 0 saturated heterocycles. The van der Waals surface area contributed by atoms with Gasteiger partial charge in [0.1, 0.15) is 11.4 Å². The summed E-state index contributed by atoms with van der Waals surface area (Å²) in [6.07, 6.45) is -1.21. The van der Waals surface area contributed by atoms with Crippen molar-refractivity contribution >= 4 is 50.8 Å². The number of anilines is 1. The van der Waals surface area contributed by atoms with Gasteiger partial charge < -0.3 is 14.8 Å². The predicted molar refractivity (Wildman–Crippen MR) is 102 cm³/mol. The van der Waals surface area contributed by atoms with Gasteiger partial charge in [0.15, 0.2) is 6.10 Å². The van der Waals surface area contributed by atoms with E-state index >= 15 is 0 Å². The van der Waals surface area contributed by atoms with Gasteiger partial charge in [-0.25, -0.2) is 4.79 Å². The number of hydrogen-bond acceptors (Lipinski definition) is 6. The van der Waals surface area contributed by atoms with Gasteiger partial charge in [-0.1, -0.05) is 27.5 Å². The normalized spacial score (nSPS) is 11.4. The fraction of sp³-hybridized carbons (Fsp3) is 0.176. The smallest absolute Gasteiger partial charge is 0.340 e. The van der Waals surface area contributed by atoms with Crippen LogP contribution in [-0.2, 0) is 9.53 Å². The fourth-order valence-electron chi connectivity index (χ4n) is 2.06. The van der Waals surface area contributed by atoms with Crippen LogP contribution < -0.4 is 10.1 Å². The molecule has 0 aromatic heterocycles. The first-order valence-electron chi connectivity index (χ1n) is 7.52. The molecule has 142 valence electrons. The average Bonchev–Trinajstić information content (AvgIpc) is 2.63. The number of carbonyl (C=O) groups excluding carboxylic acids is 2. The van der Waals surface area contributed by atoms with Crippen molar-refractivity contribution in [2.45, 2.75) is 13.0 Å². The Morgan fingerprint density at radius 3 is 2.59 bits per heavy atom. The molecule has 8 nitrogen and oxygen atoms in total. The number of nitro benzene ring substituents is 1. The molecular formula is C17H14BrClN2O6. The first kappa shape index (κ1) is 20.7. The second kappa shape index (κ2) is 8.83. The lowest BCUT2D eigenvalue weighted by molar-refractivity contribution is -0.384.